The summed E-state index contributed by atoms with van der Waals surface area (Å²) in [4.78, 5) is 38.7. The van der Waals surface area contributed by atoms with Gasteiger partial charge in [-0.3, -0.25) is 14.9 Å². The van der Waals surface area contributed by atoms with Crippen molar-refractivity contribution in [1.29, 1.82) is 0 Å². The number of hydrogen-bond acceptors (Lipinski definition) is 4. The highest BCUT2D eigenvalue weighted by molar-refractivity contribution is 9.11. The molecular weight excluding hydrogens is 540 g/mol. The Kier molecular flexibility index (Phi) is 6.66. The first-order valence-corrected chi connectivity index (χ1v) is 10.4. The molecule has 0 aliphatic carbocycles. The molecule has 1 aliphatic rings. The first-order valence-electron chi connectivity index (χ1n) is 8.46. The molecule has 1 saturated heterocycles. The van der Waals surface area contributed by atoms with E-state index in [-0.39, 0.29) is 17.9 Å². The van der Waals surface area contributed by atoms with Crippen LogP contribution in [0.1, 0.15) is 11.1 Å². The van der Waals surface area contributed by atoms with Crippen LogP contribution >= 0.6 is 43.5 Å². The van der Waals surface area contributed by atoms with Crippen molar-refractivity contribution in [3.8, 4) is 18.1 Å². The number of terminal acetylenes is 1. The topological polar surface area (TPSA) is 75.7 Å². The number of rotatable bonds is 4. The van der Waals surface area contributed by atoms with E-state index in [9.17, 15) is 14.4 Å². The normalized spacial score (nSPS) is 15.2. The minimum atomic E-state index is -0.860. The molecule has 0 atom stereocenters. The number of anilines is 1. The van der Waals surface area contributed by atoms with E-state index >= 15 is 0 Å². The SMILES string of the molecule is C#CCOc1c(Br)cc(Br)cc1/C=C1\C(=O)NC(=O)N(c2ccc(C)c(Cl)c2)C1=O. The number of nitrogens with zero attached hydrogens (tertiary/aromatic N) is 1. The van der Waals surface area contributed by atoms with Gasteiger partial charge < -0.3 is 4.74 Å². The van der Waals surface area contributed by atoms with Crippen molar-refractivity contribution in [3.05, 3.63) is 61.0 Å². The number of barbiturate groups is 1. The third-order valence-corrected chi connectivity index (χ3v) is 5.61. The lowest BCUT2D eigenvalue weighted by atomic mass is 10.1. The van der Waals surface area contributed by atoms with E-state index < -0.39 is 17.8 Å². The van der Waals surface area contributed by atoms with Crippen molar-refractivity contribution < 1.29 is 19.1 Å². The second-order valence-electron chi connectivity index (χ2n) is 6.19. The standard InChI is InChI=1S/C21H13Br2ClN2O4/c1-3-6-30-18-12(7-13(22)9-16(18)23)8-15-19(27)25-21(29)26(20(15)28)14-5-4-11(2)17(24)10-14/h1,4-5,7-10H,6H2,2H3,(H,25,27,29)/b15-8+. The fourth-order valence-electron chi connectivity index (χ4n) is 2.72. The molecule has 0 bridgehead atoms. The van der Waals surface area contributed by atoms with Gasteiger partial charge >= 0.3 is 6.03 Å². The molecule has 9 heteroatoms. The van der Waals surface area contributed by atoms with Crippen molar-refractivity contribution in [2.24, 2.45) is 0 Å². The minimum Gasteiger partial charge on any atom is -0.479 e. The fourth-order valence-corrected chi connectivity index (χ4v) is 4.27. The van der Waals surface area contributed by atoms with Crippen molar-refractivity contribution in [3.63, 3.8) is 0 Å². The Morgan fingerprint density at radius 1 is 1.23 bits per heavy atom. The summed E-state index contributed by atoms with van der Waals surface area (Å²) in [6.45, 7) is 1.78. The van der Waals surface area contributed by atoms with Gasteiger partial charge in [0.15, 0.2) is 0 Å². The Hall–Kier alpha value is -2.60. The van der Waals surface area contributed by atoms with E-state index in [1.165, 1.54) is 12.1 Å². The van der Waals surface area contributed by atoms with Crippen molar-refractivity contribution in [2.45, 2.75) is 6.92 Å². The number of hydrogen-bond donors (Lipinski definition) is 1. The molecular formula is C21H13Br2ClN2O4. The van der Waals surface area contributed by atoms with Crippen LogP contribution in [-0.4, -0.2) is 24.5 Å². The minimum absolute atomic E-state index is 0.0109. The van der Waals surface area contributed by atoms with Crippen LogP contribution in [0.25, 0.3) is 6.08 Å². The number of amides is 4. The molecule has 152 valence electrons. The van der Waals surface area contributed by atoms with E-state index in [4.69, 9.17) is 22.8 Å². The molecule has 1 heterocycles. The molecule has 6 nitrogen and oxygen atoms in total. The van der Waals surface area contributed by atoms with Gasteiger partial charge in [-0.2, -0.15) is 0 Å². The van der Waals surface area contributed by atoms with Gasteiger partial charge in [0, 0.05) is 15.1 Å². The maximum atomic E-state index is 13.1. The van der Waals surface area contributed by atoms with Crippen LogP contribution < -0.4 is 15.0 Å². The Morgan fingerprint density at radius 2 is 1.97 bits per heavy atom. The van der Waals surface area contributed by atoms with Crippen LogP contribution in [-0.2, 0) is 9.59 Å². The van der Waals surface area contributed by atoms with Crippen LogP contribution in [0.4, 0.5) is 10.5 Å². The predicted octanol–water partition coefficient (Wildman–Crippen LogP) is 4.85. The molecule has 30 heavy (non-hydrogen) atoms. The van der Waals surface area contributed by atoms with Gasteiger partial charge in [-0.05, 0) is 58.8 Å². The average Bonchev–Trinajstić information content (AvgIpc) is 2.67. The Balaban J connectivity index is 2.09. The van der Waals surface area contributed by atoms with Gasteiger partial charge in [0.1, 0.15) is 17.9 Å². The molecule has 0 aromatic heterocycles. The highest BCUT2D eigenvalue weighted by atomic mass is 79.9. The van der Waals surface area contributed by atoms with Crippen molar-refractivity contribution in [1.82, 2.24) is 5.32 Å². The zero-order chi connectivity index (χ0) is 22.0. The van der Waals surface area contributed by atoms with Gasteiger partial charge in [0.2, 0.25) is 0 Å². The number of benzene rings is 2. The number of carbonyl (C=O) groups excluding carboxylic acids is 3. The van der Waals surface area contributed by atoms with Gasteiger partial charge in [0.25, 0.3) is 11.8 Å². The summed E-state index contributed by atoms with van der Waals surface area (Å²) in [6, 6.07) is 7.27. The lowest BCUT2D eigenvalue weighted by molar-refractivity contribution is -0.122. The number of ether oxygens (including phenoxy) is 1. The monoisotopic (exact) mass is 550 g/mol. The first kappa shape index (κ1) is 22.1. The lowest BCUT2D eigenvalue weighted by Crippen LogP contribution is -2.54. The van der Waals surface area contributed by atoms with Crippen LogP contribution in [0.5, 0.6) is 5.75 Å². The van der Waals surface area contributed by atoms with Gasteiger partial charge in [-0.1, -0.05) is 39.5 Å². The van der Waals surface area contributed by atoms with Crippen LogP contribution in [0.3, 0.4) is 0 Å². The maximum absolute atomic E-state index is 13.1. The fraction of sp³-hybridized carbons (Fsp3) is 0.0952. The van der Waals surface area contributed by atoms with E-state index in [1.54, 1.807) is 31.2 Å². The summed E-state index contributed by atoms with van der Waals surface area (Å²) in [7, 11) is 0. The summed E-state index contributed by atoms with van der Waals surface area (Å²) < 4.78 is 6.80. The van der Waals surface area contributed by atoms with Gasteiger partial charge in [0.05, 0.1) is 10.2 Å². The van der Waals surface area contributed by atoms with E-state index in [2.05, 4.69) is 43.1 Å². The van der Waals surface area contributed by atoms with Gasteiger partial charge in [-0.25, -0.2) is 9.69 Å². The number of urea groups is 1. The number of carbonyl (C=O) groups is 3. The Labute approximate surface area is 194 Å². The summed E-state index contributed by atoms with van der Waals surface area (Å²) in [5.74, 6) is 1.11. The zero-order valence-corrected chi connectivity index (χ0v) is 19.4. The third-order valence-electron chi connectivity index (χ3n) is 4.15. The summed E-state index contributed by atoms with van der Waals surface area (Å²) in [5, 5.41) is 2.56. The third kappa shape index (κ3) is 4.43. The highest BCUT2D eigenvalue weighted by Gasteiger charge is 2.37. The predicted molar refractivity (Wildman–Crippen MR) is 121 cm³/mol. The quantitative estimate of drug-likeness (QED) is 0.334. The summed E-state index contributed by atoms with van der Waals surface area (Å²) >= 11 is 12.9. The molecule has 0 unspecified atom stereocenters. The largest absolute Gasteiger partial charge is 0.479 e. The van der Waals surface area contributed by atoms with Crippen molar-refractivity contribution in [2.75, 3.05) is 11.5 Å². The molecule has 1 aliphatic heterocycles. The number of imide groups is 2. The van der Waals surface area contributed by atoms with Crippen LogP contribution in [0.15, 0.2) is 44.9 Å². The molecule has 0 saturated carbocycles. The van der Waals surface area contributed by atoms with E-state index in [0.717, 1.165) is 10.5 Å². The molecule has 0 spiro atoms. The van der Waals surface area contributed by atoms with Crippen LogP contribution in [0.2, 0.25) is 5.02 Å². The lowest BCUT2D eigenvalue weighted by Gasteiger charge is -2.26. The smallest absolute Gasteiger partial charge is 0.335 e. The number of aryl methyl sites for hydroxylation is 1. The molecule has 2 aromatic rings. The molecule has 3 rings (SSSR count). The maximum Gasteiger partial charge on any atom is 0.335 e. The molecule has 1 N–H and O–H groups in total. The number of nitrogens with one attached hydrogen (secondary N) is 1. The highest BCUT2D eigenvalue weighted by Crippen LogP contribution is 2.35. The number of halogens is 3. The average molecular weight is 553 g/mol. The zero-order valence-electron chi connectivity index (χ0n) is 15.5. The summed E-state index contributed by atoms with van der Waals surface area (Å²) in [5.41, 5.74) is 1.19. The molecule has 4 amide bonds. The summed E-state index contributed by atoms with van der Waals surface area (Å²) in [6.07, 6.45) is 6.61. The van der Waals surface area contributed by atoms with E-state index in [0.29, 0.717) is 25.3 Å². The van der Waals surface area contributed by atoms with Crippen LogP contribution in [0, 0.1) is 19.3 Å². The Bertz CT molecular complexity index is 1150. The molecule has 2 aromatic carbocycles. The molecule has 0 radical (unpaired) electrons. The van der Waals surface area contributed by atoms with E-state index in [1.807, 2.05) is 0 Å². The van der Waals surface area contributed by atoms with Crippen molar-refractivity contribution >= 4 is 73.1 Å². The Morgan fingerprint density at radius 3 is 2.63 bits per heavy atom. The van der Waals surface area contributed by atoms with Gasteiger partial charge in [-0.15, -0.1) is 6.42 Å². The second kappa shape index (κ2) is 9.04. The molecule has 1 fully saturated rings. The second-order valence-corrected chi connectivity index (χ2v) is 8.37. The first-order chi connectivity index (χ1) is 14.2.